The van der Waals surface area contributed by atoms with Gasteiger partial charge in [0.1, 0.15) is 0 Å². The van der Waals surface area contributed by atoms with Crippen LogP contribution in [0.1, 0.15) is 25.7 Å². The first-order valence-corrected chi connectivity index (χ1v) is 11.1. The number of hydrogen-bond acceptors (Lipinski definition) is 1. The number of benzene rings is 2. The molecule has 0 spiro atoms. The summed E-state index contributed by atoms with van der Waals surface area (Å²) in [5.41, 5.74) is 0.0553. The molecule has 1 fully saturated rings. The number of rotatable bonds is 4. The molecule has 0 bridgehead atoms. The van der Waals surface area contributed by atoms with Crippen molar-refractivity contribution in [2.24, 2.45) is 0 Å². The van der Waals surface area contributed by atoms with E-state index in [4.69, 9.17) is 0 Å². The van der Waals surface area contributed by atoms with Gasteiger partial charge in [-0.1, -0.05) is 60.7 Å². The lowest BCUT2D eigenvalue weighted by Crippen LogP contribution is -2.28. The molecule has 2 N–H and O–H groups in total. The third-order valence-corrected chi connectivity index (χ3v) is 9.00. The Morgan fingerprint density at radius 3 is 1.61 bits per heavy atom. The maximum absolute atomic E-state index is 11.5. The number of hydrogen-bond donors (Lipinski definition) is 2. The molecule has 0 amide bonds. The van der Waals surface area contributed by atoms with Gasteiger partial charge in [-0.05, 0) is 49.9 Å². The van der Waals surface area contributed by atoms with Crippen LogP contribution in [0.2, 0.25) is 0 Å². The lowest BCUT2D eigenvalue weighted by molar-refractivity contribution is 0.338. The molecule has 0 radical (unpaired) electrons. The molecule has 122 valence electrons. The average molecular weight is 348 g/mol. The van der Waals surface area contributed by atoms with Crippen LogP contribution < -0.4 is 10.6 Å². The molecule has 3 nitrogen and oxygen atoms in total. The van der Waals surface area contributed by atoms with Crippen LogP contribution in [-0.4, -0.2) is 21.1 Å². The van der Waals surface area contributed by atoms with E-state index >= 15 is 0 Å². The minimum absolute atomic E-state index is 0.442. The van der Waals surface area contributed by atoms with Gasteiger partial charge >= 0.3 is 7.60 Å². The maximum Gasteiger partial charge on any atom is 0.328 e. The first kappa shape index (κ1) is 16.9. The third kappa shape index (κ3) is 4.11. The molecule has 1 saturated carbocycles. The Kier molecular flexibility index (Phi) is 5.34. The van der Waals surface area contributed by atoms with E-state index < -0.39 is 21.2 Å². The van der Waals surface area contributed by atoms with Crippen LogP contribution >= 0.6 is 15.5 Å². The lowest BCUT2D eigenvalue weighted by Gasteiger charge is -2.34. The topological polar surface area (TPSA) is 57.5 Å². The smallest absolute Gasteiger partial charge is 0.324 e. The molecule has 0 heterocycles. The fraction of sp³-hybridized carbons (Fsp3) is 0.333. The highest BCUT2D eigenvalue weighted by atomic mass is 31.2. The minimum Gasteiger partial charge on any atom is -0.324 e. The van der Waals surface area contributed by atoms with Crippen molar-refractivity contribution in [3.05, 3.63) is 60.7 Å². The molecular formula is C18H22O3P2. The van der Waals surface area contributed by atoms with Gasteiger partial charge in [-0.3, -0.25) is 4.57 Å². The first-order valence-electron chi connectivity index (χ1n) is 8.00. The molecule has 3 rings (SSSR count). The van der Waals surface area contributed by atoms with Gasteiger partial charge in [0.2, 0.25) is 0 Å². The van der Waals surface area contributed by atoms with Gasteiger partial charge < -0.3 is 9.79 Å². The molecule has 5 heteroatoms. The van der Waals surface area contributed by atoms with E-state index in [-0.39, 0.29) is 0 Å². The fourth-order valence-electron chi connectivity index (χ4n) is 3.40. The van der Waals surface area contributed by atoms with Crippen molar-refractivity contribution in [3.63, 3.8) is 0 Å². The molecule has 2 aromatic rings. The van der Waals surface area contributed by atoms with Gasteiger partial charge in [0.05, 0.1) is 5.66 Å². The van der Waals surface area contributed by atoms with E-state index in [9.17, 15) is 14.4 Å². The SMILES string of the molecule is O=P(O)(O)C1CCC(P(c2ccccc2)c2ccccc2)CC1. The molecule has 2 aromatic carbocycles. The average Bonchev–Trinajstić information content (AvgIpc) is 2.57. The quantitative estimate of drug-likeness (QED) is 0.830. The summed E-state index contributed by atoms with van der Waals surface area (Å²) in [5, 5.41) is 2.71. The highest BCUT2D eigenvalue weighted by Crippen LogP contribution is 2.53. The third-order valence-electron chi connectivity index (χ3n) is 4.58. The van der Waals surface area contributed by atoms with Crippen molar-refractivity contribution >= 4 is 26.1 Å². The second-order valence-electron chi connectivity index (χ2n) is 6.09. The lowest BCUT2D eigenvalue weighted by atomic mass is 10.00. The zero-order valence-electron chi connectivity index (χ0n) is 13.0. The largest absolute Gasteiger partial charge is 0.328 e. The Labute approximate surface area is 138 Å². The summed E-state index contributed by atoms with van der Waals surface area (Å²) < 4.78 is 11.5. The normalized spacial score (nSPS) is 22.2. The van der Waals surface area contributed by atoms with Gasteiger partial charge in [0.15, 0.2) is 0 Å². The molecule has 0 atom stereocenters. The minimum atomic E-state index is -3.93. The van der Waals surface area contributed by atoms with Crippen LogP contribution in [0.25, 0.3) is 0 Å². The van der Waals surface area contributed by atoms with Crippen molar-refractivity contribution in [1.82, 2.24) is 0 Å². The Hall–Kier alpha value is -0.980. The summed E-state index contributed by atoms with van der Waals surface area (Å²) in [4.78, 5) is 18.8. The molecular weight excluding hydrogens is 326 g/mol. The van der Waals surface area contributed by atoms with E-state index in [0.29, 0.717) is 18.5 Å². The molecule has 0 aromatic heterocycles. The van der Waals surface area contributed by atoms with Crippen molar-refractivity contribution < 1.29 is 14.4 Å². The van der Waals surface area contributed by atoms with Gasteiger partial charge in [-0.2, -0.15) is 0 Å². The van der Waals surface area contributed by atoms with E-state index in [0.717, 1.165) is 12.8 Å². The molecule has 1 aliphatic carbocycles. The van der Waals surface area contributed by atoms with Crippen LogP contribution in [-0.2, 0) is 4.57 Å². The van der Waals surface area contributed by atoms with Crippen molar-refractivity contribution in [2.45, 2.75) is 37.0 Å². The Bertz CT molecular complexity index is 622. The van der Waals surface area contributed by atoms with E-state index in [1.807, 2.05) is 12.1 Å². The van der Waals surface area contributed by atoms with Crippen LogP contribution in [0, 0.1) is 0 Å². The molecule has 0 saturated heterocycles. The Morgan fingerprint density at radius 1 is 0.783 bits per heavy atom. The van der Waals surface area contributed by atoms with Crippen LogP contribution in [0.3, 0.4) is 0 Å². The highest BCUT2D eigenvalue weighted by molar-refractivity contribution is 7.73. The molecule has 1 aliphatic rings. The highest BCUT2D eigenvalue weighted by Gasteiger charge is 2.36. The zero-order valence-corrected chi connectivity index (χ0v) is 14.7. The van der Waals surface area contributed by atoms with Crippen molar-refractivity contribution in [2.75, 3.05) is 0 Å². The standard InChI is InChI=1S/C18H22O3P2/c19-23(20,21)18-13-11-17(12-14-18)22(15-7-3-1-4-8-15)16-9-5-2-6-10-16/h1-10,17-18H,11-14H2,(H2,19,20,21). The molecule has 0 unspecified atom stereocenters. The maximum atomic E-state index is 11.5. The summed E-state index contributed by atoms with van der Waals surface area (Å²) in [7, 11) is -4.41. The monoisotopic (exact) mass is 348 g/mol. The Morgan fingerprint density at radius 2 is 1.22 bits per heavy atom. The predicted octanol–water partition coefficient (Wildman–Crippen LogP) is 3.61. The molecule has 23 heavy (non-hydrogen) atoms. The summed E-state index contributed by atoms with van der Waals surface area (Å²) in [6.45, 7) is 0. The van der Waals surface area contributed by atoms with E-state index in [1.165, 1.54) is 10.6 Å². The van der Waals surface area contributed by atoms with Crippen LogP contribution in [0.4, 0.5) is 0 Å². The van der Waals surface area contributed by atoms with Crippen LogP contribution in [0.15, 0.2) is 60.7 Å². The summed E-state index contributed by atoms with van der Waals surface area (Å²) in [5.74, 6) is 0. The van der Waals surface area contributed by atoms with Crippen molar-refractivity contribution in [1.29, 1.82) is 0 Å². The van der Waals surface area contributed by atoms with Crippen LogP contribution in [0.5, 0.6) is 0 Å². The van der Waals surface area contributed by atoms with E-state index in [2.05, 4.69) is 48.5 Å². The predicted molar refractivity (Wildman–Crippen MR) is 97.2 cm³/mol. The van der Waals surface area contributed by atoms with Gasteiger partial charge in [-0.15, -0.1) is 0 Å². The second kappa shape index (κ2) is 7.28. The summed E-state index contributed by atoms with van der Waals surface area (Å²) in [6, 6.07) is 21.1. The summed E-state index contributed by atoms with van der Waals surface area (Å²) >= 11 is 0. The molecule has 0 aliphatic heterocycles. The summed E-state index contributed by atoms with van der Waals surface area (Å²) in [6.07, 6.45) is 3.05. The second-order valence-corrected chi connectivity index (χ2v) is 10.5. The Balaban J connectivity index is 1.85. The fourth-order valence-corrected chi connectivity index (χ4v) is 7.31. The zero-order chi connectivity index (χ0) is 16.3. The first-order chi connectivity index (χ1) is 11.1. The van der Waals surface area contributed by atoms with Gasteiger partial charge in [0, 0.05) is 0 Å². The van der Waals surface area contributed by atoms with Gasteiger partial charge in [0.25, 0.3) is 0 Å². The van der Waals surface area contributed by atoms with E-state index in [1.54, 1.807) is 0 Å². The van der Waals surface area contributed by atoms with Crippen molar-refractivity contribution in [3.8, 4) is 0 Å². The van der Waals surface area contributed by atoms with Gasteiger partial charge in [-0.25, -0.2) is 0 Å².